The summed E-state index contributed by atoms with van der Waals surface area (Å²) in [6, 6.07) is 13.5. The number of benzene rings is 2. The number of hydrogen-bond acceptors (Lipinski definition) is 9. The largest absolute Gasteiger partial charge is 0.505 e. The van der Waals surface area contributed by atoms with Gasteiger partial charge in [-0.2, -0.15) is 0 Å². The molecule has 206 valence electrons. The van der Waals surface area contributed by atoms with Gasteiger partial charge in [-0.3, -0.25) is 24.6 Å². The number of aryl methyl sites for hydroxylation is 2. The summed E-state index contributed by atoms with van der Waals surface area (Å²) in [5.41, 5.74) is 2.54. The van der Waals surface area contributed by atoms with E-state index in [4.69, 9.17) is 4.74 Å². The second kappa shape index (κ2) is 9.82. The van der Waals surface area contributed by atoms with Gasteiger partial charge in [0.05, 0.1) is 39.1 Å². The molecule has 1 unspecified atom stereocenters. The van der Waals surface area contributed by atoms with Gasteiger partial charge < -0.3 is 14.2 Å². The van der Waals surface area contributed by atoms with Crippen molar-refractivity contribution in [2.45, 2.75) is 26.8 Å². The molecule has 0 spiro atoms. The predicted octanol–water partition coefficient (Wildman–Crippen LogP) is 5.49. The van der Waals surface area contributed by atoms with Crippen LogP contribution in [-0.2, 0) is 9.59 Å². The predicted molar refractivity (Wildman–Crippen MR) is 153 cm³/mol. The van der Waals surface area contributed by atoms with Crippen LogP contribution < -0.4 is 9.64 Å². The van der Waals surface area contributed by atoms with E-state index in [0.29, 0.717) is 29.2 Å². The van der Waals surface area contributed by atoms with Crippen LogP contribution >= 0.6 is 11.3 Å². The zero-order valence-corrected chi connectivity index (χ0v) is 23.0. The lowest BCUT2D eigenvalue weighted by molar-refractivity contribution is -0.384. The maximum atomic E-state index is 13.6. The fourth-order valence-corrected chi connectivity index (χ4v) is 6.10. The number of ether oxygens (including phenoxy) is 1. The number of nitro groups is 1. The lowest BCUT2D eigenvalue weighted by Crippen LogP contribution is -2.29. The normalized spacial score (nSPS) is 16.7. The SMILES string of the molecule is CCOc1ccc2nc(N3C(=O)C(=O)/C(=C(/O)c4nc5c(C)cccn5c4C)C3c3cccc([N+](=O)[O-])c3)sc2c1. The van der Waals surface area contributed by atoms with Crippen molar-refractivity contribution in [2.75, 3.05) is 11.5 Å². The molecule has 5 aromatic rings. The third kappa shape index (κ3) is 4.19. The number of non-ortho nitro benzene ring substituents is 1. The number of anilines is 1. The number of rotatable bonds is 6. The molecule has 2 aromatic carbocycles. The van der Waals surface area contributed by atoms with Gasteiger partial charge in [0.25, 0.3) is 11.5 Å². The summed E-state index contributed by atoms with van der Waals surface area (Å²) in [6.45, 7) is 5.96. The molecule has 11 nitrogen and oxygen atoms in total. The van der Waals surface area contributed by atoms with Crippen molar-refractivity contribution in [1.29, 1.82) is 0 Å². The first-order valence-electron chi connectivity index (χ1n) is 12.7. The molecule has 0 saturated carbocycles. The molecule has 1 saturated heterocycles. The van der Waals surface area contributed by atoms with Gasteiger partial charge >= 0.3 is 5.91 Å². The van der Waals surface area contributed by atoms with E-state index in [1.807, 2.05) is 26.0 Å². The van der Waals surface area contributed by atoms with Crippen molar-refractivity contribution >= 4 is 55.5 Å². The molecule has 1 atom stereocenters. The van der Waals surface area contributed by atoms with Crippen molar-refractivity contribution in [2.24, 2.45) is 0 Å². The topological polar surface area (TPSA) is 140 Å². The number of nitrogens with zero attached hydrogens (tertiary/aromatic N) is 5. The fourth-order valence-electron chi connectivity index (χ4n) is 5.08. The van der Waals surface area contributed by atoms with E-state index in [0.717, 1.165) is 10.3 Å². The number of Topliss-reactive ketones (excluding diaryl/α,β-unsaturated/α-hetero) is 1. The fraction of sp³-hybridized carbons (Fsp3) is 0.172. The summed E-state index contributed by atoms with van der Waals surface area (Å²) in [6.07, 6.45) is 1.79. The third-order valence-corrected chi connectivity index (χ3v) is 8.03. The Morgan fingerprint density at radius 1 is 1.12 bits per heavy atom. The number of amides is 1. The molecular formula is C29H23N5O6S. The quantitative estimate of drug-likeness (QED) is 0.0930. The van der Waals surface area contributed by atoms with Crippen LogP contribution in [0.4, 0.5) is 10.8 Å². The molecule has 0 aliphatic carbocycles. The van der Waals surface area contributed by atoms with Gasteiger partial charge in [-0.15, -0.1) is 0 Å². The first-order chi connectivity index (χ1) is 19.7. The van der Waals surface area contributed by atoms with Crippen LogP contribution in [-0.4, -0.2) is 42.7 Å². The lowest BCUT2D eigenvalue weighted by atomic mass is 9.96. The molecule has 0 radical (unpaired) electrons. The average molecular weight is 570 g/mol. The van der Waals surface area contributed by atoms with Gasteiger partial charge in [0.1, 0.15) is 17.1 Å². The Balaban J connectivity index is 1.58. The number of carbonyl (C=O) groups excluding carboxylic acids is 2. The zero-order chi connectivity index (χ0) is 29.0. The second-order valence-corrected chi connectivity index (χ2v) is 10.5. The lowest BCUT2D eigenvalue weighted by Gasteiger charge is -2.22. The number of aromatic nitrogens is 3. The van der Waals surface area contributed by atoms with Crippen molar-refractivity contribution in [3.63, 3.8) is 0 Å². The van der Waals surface area contributed by atoms with Gasteiger partial charge in [0.15, 0.2) is 10.9 Å². The number of imidazole rings is 1. The van der Waals surface area contributed by atoms with E-state index < -0.39 is 28.4 Å². The third-order valence-electron chi connectivity index (χ3n) is 7.02. The second-order valence-electron chi connectivity index (χ2n) is 9.51. The highest BCUT2D eigenvalue weighted by Crippen LogP contribution is 2.45. The molecule has 4 heterocycles. The Morgan fingerprint density at radius 2 is 1.93 bits per heavy atom. The first kappa shape index (κ1) is 26.1. The molecule has 41 heavy (non-hydrogen) atoms. The van der Waals surface area contributed by atoms with Crippen molar-refractivity contribution in [1.82, 2.24) is 14.4 Å². The maximum absolute atomic E-state index is 13.6. The van der Waals surface area contributed by atoms with Crippen LogP contribution in [0.1, 0.15) is 35.5 Å². The Kier molecular flexibility index (Phi) is 6.26. The highest BCUT2D eigenvalue weighted by molar-refractivity contribution is 7.22. The van der Waals surface area contributed by atoms with Crippen molar-refractivity contribution in [3.05, 3.63) is 99.0 Å². The number of nitro benzene ring substituents is 1. The van der Waals surface area contributed by atoms with E-state index in [-0.39, 0.29) is 27.6 Å². The van der Waals surface area contributed by atoms with Crippen LogP contribution in [0.2, 0.25) is 0 Å². The number of aliphatic hydroxyl groups excluding tert-OH is 1. The first-order valence-corrected chi connectivity index (χ1v) is 13.5. The van der Waals surface area contributed by atoms with E-state index in [1.54, 1.807) is 41.8 Å². The summed E-state index contributed by atoms with van der Waals surface area (Å²) < 4.78 is 8.09. The van der Waals surface area contributed by atoms with E-state index in [9.17, 15) is 24.8 Å². The minimum atomic E-state index is -1.19. The summed E-state index contributed by atoms with van der Waals surface area (Å²) >= 11 is 1.17. The number of thiazole rings is 1. The number of fused-ring (bicyclic) bond motifs is 2. The van der Waals surface area contributed by atoms with Gasteiger partial charge in [0, 0.05) is 18.3 Å². The summed E-state index contributed by atoms with van der Waals surface area (Å²) in [5, 5.41) is 23.5. The van der Waals surface area contributed by atoms with Gasteiger partial charge in [-0.05, 0) is 56.2 Å². The highest BCUT2D eigenvalue weighted by atomic mass is 32.1. The Bertz CT molecular complexity index is 1940. The van der Waals surface area contributed by atoms with Gasteiger partial charge in [-0.25, -0.2) is 9.97 Å². The molecule has 1 aliphatic rings. The van der Waals surface area contributed by atoms with Crippen LogP contribution in [0.15, 0.2) is 66.4 Å². The van der Waals surface area contributed by atoms with E-state index in [2.05, 4.69) is 9.97 Å². The van der Waals surface area contributed by atoms with Crippen LogP contribution in [0.25, 0.3) is 21.6 Å². The van der Waals surface area contributed by atoms with Gasteiger partial charge in [0.2, 0.25) is 0 Å². The van der Waals surface area contributed by atoms with Gasteiger partial charge in [-0.1, -0.05) is 29.5 Å². The number of ketones is 1. The standard InChI is InChI=1S/C29H23N5O6S/c1-4-40-19-10-11-20-21(14-19)41-29(30-20)33-24(17-8-5-9-18(13-17)34(38)39)22(26(36)28(33)37)25(35)23-16(3)32-12-6-7-15(2)27(32)31-23/h5-14,24,35H,4H2,1-3H3/b25-22+. The summed E-state index contributed by atoms with van der Waals surface area (Å²) in [7, 11) is 0. The zero-order valence-electron chi connectivity index (χ0n) is 22.2. The number of hydrogen-bond donors (Lipinski definition) is 1. The van der Waals surface area contributed by atoms with Crippen LogP contribution in [0.3, 0.4) is 0 Å². The molecule has 1 fully saturated rings. The molecule has 1 N–H and O–H groups in total. The molecule has 1 aliphatic heterocycles. The van der Waals surface area contributed by atoms with Crippen molar-refractivity contribution < 1.29 is 24.4 Å². The van der Waals surface area contributed by atoms with Crippen molar-refractivity contribution in [3.8, 4) is 5.75 Å². The minimum Gasteiger partial charge on any atom is -0.505 e. The Hall–Kier alpha value is -5.10. The minimum absolute atomic E-state index is 0.137. The molecular weight excluding hydrogens is 546 g/mol. The molecule has 1 amide bonds. The smallest absolute Gasteiger partial charge is 0.301 e. The number of carbonyl (C=O) groups is 2. The number of aliphatic hydroxyl groups is 1. The molecule has 6 rings (SSSR count). The molecule has 3 aromatic heterocycles. The number of pyridine rings is 1. The summed E-state index contributed by atoms with van der Waals surface area (Å²) in [5.74, 6) is -1.70. The Morgan fingerprint density at radius 3 is 2.66 bits per heavy atom. The van der Waals surface area contributed by atoms with Crippen LogP contribution in [0, 0.1) is 24.0 Å². The highest BCUT2D eigenvalue weighted by Gasteiger charge is 2.49. The molecule has 12 heteroatoms. The maximum Gasteiger partial charge on any atom is 0.301 e. The Labute approximate surface area is 237 Å². The van der Waals surface area contributed by atoms with Crippen LogP contribution in [0.5, 0.6) is 5.75 Å². The van der Waals surface area contributed by atoms with E-state index in [1.165, 1.54) is 34.4 Å². The summed E-state index contributed by atoms with van der Waals surface area (Å²) in [4.78, 5) is 48.7. The average Bonchev–Trinajstić information content (AvgIpc) is 3.61. The molecule has 0 bridgehead atoms. The monoisotopic (exact) mass is 569 g/mol. The van der Waals surface area contributed by atoms with E-state index >= 15 is 0 Å².